The Morgan fingerprint density at radius 2 is 2.09 bits per heavy atom. The van der Waals surface area contributed by atoms with Gasteiger partial charge in [0, 0.05) is 11.7 Å². The standard InChI is InChI=1S/C16H23N3O3/c1-16(2,3)22-15(21)19-11-5-6-12-10(8-11)4-7-13(12)18-9-14(17)20/h5-6,8,13,18H,4,7,9H2,1-3H3,(H2,17,20)(H,19,21). The summed E-state index contributed by atoms with van der Waals surface area (Å²) in [4.78, 5) is 22.6. The highest BCUT2D eigenvalue weighted by atomic mass is 16.6. The van der Waals surface area contributed by atoms with Gasteiger partial charge in [-0.05, 0) is 56.9 Å². The number of ether oxygens (including phenoxy) is 1. The Morgan fingerprint density at radius 3 is 2.73 bits per heavy atom. The molecule has 0 aromatic heterocycles. The summed E-state index contributed by atoms with van der Waals surface area (Å²) in [5.74, 6) is -0.364. The van der Waals surface area contributed by atoms with E-state index in [1.807, 2.05) is 39.0 Å². The molecule has 1 atom stereocenters. The number of primary amides is 1. The molecule has 0 saturated heterocycles. The predicted octanol–water partition coefficient (Wildman–Crippen LogP) is 2.10. The van der Waals surface area contributed by atoms with Crippen LogP contribution in [0.2, 0.25) is 0 Å². The van der Waals surface area contributed by atoms with Crippen molar-refractivity contribution in [2.75, 3.05) is 11.9 Å². The van der Waals surface area contributed by atoms with Gasteiger partial charge in [0.2, 0.25) is 5.91 Å². The monoisotopic (exact) mass is 305 g/mol. The Balaban J connectivity index is 2.01. The molecule has 1 aromatic carbocycles. The van der Waals surface area contributed by atoms with Gasteiger partial charge in [0.1, 0.15) is 5.60 Å². The minimum absolute atomic E-state index is 0.137. The topological polar surface area (TPSA) is 93.4 Å². The summed E-state index contributed by atoms with van der Waals surface area (Å²) in [6.45, 7) is 5.64. The Kier molecular flexibility index (Phi) is 4.71. The number of hydrogen-bond acceptors (Lipinski definition) is 4. The van der Waals surface area contributed by atoms with E-state index >= 15 is 0 Å². The highest BCUT2D eigenvalue weighted by molar-refractivity contribution is 5.85. The molecule has 1 aliphatic carbocycles. The number of benzene rings is 1. The van der Waals surface area contributed by atoms with Gasteiger partial charge in [-0.1, -0.05) is 6.07 Å². The lowest BCUT2D eigenvalue weighted by Crippen LogP contribution is -2.30. The Bertz CT molecular complexity index is 578. The van der Waals surface area contributed by atoms with Gasteiger partial charge in [0.25, 0.3) is 0 Å². The second-order valence-corrected chi connectivity index (χ2v) is 6.48. The van der Waals surface area contributed by atoms with E-state index in [2.05, 4.69) is 10.6 Å². The van der Waals surface area contributed by atoms with Gasteiger partial charge < -0.3 is 15.8 Å². The first-order valence-electron chi connectivity index (χ1n) is 7.39. The second-order valence-electron chi connectivity index (χ2n) is 6.48. The largest absolute Gasteiger partial charge is 0.444 e. The van der Waals surface area contributed by atoms with E-state index in [1.54, 1.807) is 0 Å². The van der Waals surface area contributed by atoms with E-state index in [1.165, 1.54) is 0 Å². The molecule has 6 nitrogen and oxygen atoms in total. The van der Waals surface area contributed by atoms with Crippen LogP contribution < -0.4 is 16.4 Å². The lowest BCUT2D eigenvalue weighted by atomic mass is 10.1. The van der Waals surface area contributed by atoms with Crippen molar-refractivity contribution in [2.24, 2.45) is 5.73 Å². The van der Waals surface area contributed by atoms with Gasteiger partial charge in [-0.3, -0.25) is 10.1 Å². The van der Waals surface area contributed by atoms with Crippen molar-refractivity contribution >= 4 is 17.7 Å². The maximum Gasteiger partial charge on any atom is 0.412 e. The molecule has 22 heavy (non-hydrogen) atoms. The number of aryl methyl sites for hydroxylation is 1. The number of carbonyl (C=O) groups is 2. The molecule has 2 rings (SSSR count). The normalized spacial score (nSPS) is 17.0. The fourth-order valence-electron chi connectivity index (χ4n) is 2.55. The second kappa shape index (κ2) is 6.36. The van der Waals surface area contributed by atoms with Crippen molar-refractivity contribution in [3.05, 3.63) is 29.3 Å². The molecule has 1 aromatic rings. The Hall–Kier alpha value is -2.08. The molecule has 4 N–H and O–H groups in total. The molecule has 2 amide bonds. The van der Waals surface area contributed by atoms with Gasteiger partial charge in [0.05, 0.1) is 6.54 Å². The maximum absolute atomic E-state index is 11.8. The van der Waals surface area contributed by atoms with Gasteiger partial charge in [0.15, 0.2) is 0 Å². The van der Waals surface area contributed by atoms with Crippen LogP contribution in [0.5, 0.6) is 0 Å². The van der Waals surface area contributed by atoms with Crippen LogP contribution in [0.25, 0.3) is 0 Å². The summed E-state index contributed by atoms with van der Waals surface area (Å²) in [6.07, 6.45) is 1.35. The van der Waals surface area contributed by atoms with Gasteiger partial charge in [-0.25, -0.2) is 4.79 Å². The van der Waals surface area contributed by atoms with Crippen molar-refractivity contribution < 1.29 is 14.3 Å². The molecule has 1 aliphatic rings. The molecule has 0 saturated carbocycles. The number of hydrogen-bond donors (Lipinski definition) is 3. The quantitative estimate of drug-likeness (QED) is 0.794. The first-order chi connectivity index (χ1) is 10.2. The number of fused-ring (bicyclic) bond motifs is 1. The molecule has 0 spiro atoms. The third-order valence-electron chi connectivity index (χ3n) is 3.39. The van der Waals surface area contributed by atoms with Gasteiger partial charge >= 0.3 is 6.09 Å². The molecule has 0 bridgehead atoms. The molecule has 6 heteroatoms. The number of nitrogens with two attached hydrogens (primary N) is 1. The van der Waals surface area contributed by atoms with Crippen LogP contribution in [-0.4, -0.2) is 24.1 Å². The minimum atomic E-state index is -0.523. The lowest BCUT2D eigenvalue weighted by molar-refractivity contribution is -0.117. The average molecular weight is 305 g/mol. The van der Waals surface area contributed by atoms with Gasteiger partial charge in [-0.15, -0.1) is 0 Å². The molecule has 0 aliphatic heterocycles. The van der Waals surface area contributed by atoms with E-state index in [0.29, 0.717) is 5.69 Å². The van der Waals surface area contributed by atoms with Crippen LogP contribution in [0.4, 0.5) is 10.5 Å². The first kappa shape index (κ1) is 16.3. The molecule has 0 fully saturated rings. The van der Waals surface area contributed by atoms with Crippen LogP contribution in [0.15, 0.2) is 18.2 Å². The summed E-state index contributed by atoms with van der Waals surface area (Å²) in [6, 6.07) is 5.89. The van der Waals surface area contributed by atoms with E-state index in [0.717, 1.165) is 24.0 Å². The highest BCUT2D eigenvalue weighted by Crippen LogP contribution is 2.32. The maximum atomic E-state index is 11.8. The number of amides is 2. The zero-order valence-corrected chi connectivity index (χ0v) is 13.2. The Labute approximate surface area is 130 Å². The molecule has 0 heterocycles. The summed E-state index contributed by atoms with van der Waals surface area (Å²) in [7, 11) is 0. The Morgan fingerprint density at radius 1 is 1.36 bits per heavy atom. The fraction of sp³-hybridized carbons (Fsp3) is 0.500. The summed E-state index contributed by atoms with van der Waals surface area (Å²) in [5, 5.41) is 5.88. The van der Waals surface area contributed by atoms with E-state index in [9.17, 15) is 9.59 Å². The third-order valence-corrected chi connectivity index (χ3v) is 3.39. The van der Waals surface area contributed by atoms with Crippen molar-refractivity contribution in [3.8, 4) is 0 Å². The first-order valence-corrected chi connectivity index (χ1v) is 7.39. The number of anilines is 1. The fourth-order valence-corrected chi connectivity index (χ4v) is 2.55. The van der Waals surface area contributed by atoms with Crippen LogP contribution in [-0.2, 0) is 16.0 Å². The smallest absolute Gasteiger partial charge is 0.412 e. The van der Waals surface area contributed by atoms with E-state index in [4.69, 9.17) is 10.5 Å². The van der Waals surface area contributed by atoms with Crippen LogP contribution in [0.3, 0.4) is 0 Å². The predicted molar refractivity (Wildman–Crippen MR) is 84.6 cm³/mol. The summed E-state index contributed by atoms with van der Waals surface area (Å²) < 4.78 is 5.23. The summed E-state index contributed by atoms with van der Waals surface area (Å²) >= 11 is 0. The highest BCUT2D eigenvalue weighted by Gasteiger charge is 2.23. The van der Waals surface area contributed by atoms with Crippen molar-refractivity contribution in [1.82, 2.24) is 5.32 Å². The molecular weight excluding hydrogens is 282 g/mol. The number of rotatable bonds is 4. The molecular formula is C16H23N3O3. The molecule has 120 valence electrons. The van der Waals surface area contributed by atoms with Crippen molar-refractivity contribution in [2.45, 2.75) is 45.3 Å². The average Bonchev–Trinajstić information content (AvgIpc) is 2.76. The SMILES string of the molecule is CC(C)(C)OC(=O)Nc1ccc2c(c1)CCC2NCC(N)=O. The minimum Gasteiger partial charge on any atom is -0.444 e. The van der Waals surface area contributed by atoms with Crippen molar-refractivity contribution in [1.29, 1.82) is 0 Å². The number of carbonyl (C=O) groups excluding carboxylic acids is 2. The van der Waals surface area contributed by atoms with E-state index in [-0.39, 0.29) is 18.5 Å². The summed E-state index contributed by atoms with van der Waals surface area (Å²) in [5.41, 5.74) is 7.66. The van der Waals surface area contributed by atoms with Gasteiger partial charge in [-0.2, -0.15) is 0 Å². The number of nitrogens with one attached hydrogen (secondary N) is 2. The van der Waals surface area contributed by atoms with Crippen molar-refractivity contribution in [3.63, 3.8) is 0 Å². The van der Waals surface area contributed by atoms with Crippen LogP contribution in [0.1, 0.15) is 44.4 Å². The lowest BCUT2D eigenvalue weighted by Gasteiger charge is -2.20. The van der Waals surface area contributed by atoms with E-state index < -0.39 is 11.7 Å². The van der Waals surface area contributed by atoms with Crippen LogP contribution in [0, 0.1) is 0 Å². The molecule has 0 radical (unpaired) electrons. The molecule has 1 unspecified atom stereocenters. The third kappa shape index (κ3) is 4.46. The zero-order valence-electron chi connectivity index (χ0n) is 13.2. The van der Waals surface area contributed by atoms with Crippen LogP contribution >= 0.6 is 0 Å². The zero-order chi connectivity index (χ0) is 16.3.